The van der Waals surface area contributed by atoms with Gasteiger partial charge in [0.25, 0.3) is 0 Å². The zero-order chi connectivity index (χ0) is 13.5. The second kappa shape index (κ2) is 6.96. The van der Waals surface area contributed by atoms with Crippen LogP contribution < -0.4 is 5.73 Å². The summed E-state index contributed by atoms with van der Waals surface area (Å²) >= 11 is 0. The molecule has 0 unspecified atom stereocenters. The van der Waals surface area contributed by atoms with Gasteiger partial charge in [-0.3, -0.25) is 0 Å². The molecule has 0 saturated carbocycles. The van der Waals surface area contributed by atoms with Crippen LogP contribution in [0.2, 0.25) is 0 Å². The van der Waals surface area contributed by atoms with Crippen LogP contribution >= 0.6 is 0 Å². The summed E-state index contributed by atoms with van der Waals surface area (Å²) in [6.45, 7) is 4.80. The lowest BCUT2D eigenvalue weighted by Crippen LogP contribution is -2.13. The summed E-state index contributed by atoms with van der Waals surface area (Å²) < 4.78 is 23.3. The highest BCUT2D eigenvalue weighted by atomic mass is 19.1. The van der Waals surface area contributed by atoms with E-state index in [1.165, 1.54) is 12.1 Å². The Hall–Kier alpha value is -1.62. The Bertz CT molecular complexity index is 421. The molecular weight excluding hydrogens is 237 g/mol. The molecule has 4 nitrogen and oxygen atoms in total. The van der Waals surface area contributed by atoms with Gasteiger partial charge in [0, 0.05) is 6.61 Å². The lowest BCUT2D eigenvalue weighted by molar-refractivity contribution is 0.0318. The first kappa shape index (κ1) is 14.4. The summed E-state index contributed by atoms with van der Waals surface area (Å²) in [6, 6.07) is 2.51. The maximum Gasteiger partial charge on any atom is 0.338 e. The number of benzene rings is 1. The fourth-order valence-electron chi connectivity index (χ4n) is 1.43. The summed E-state index contributed by atoms with van der Waals surface area (Å²) in [5, 5.41) is 0. The van der Waals surface area contributed by atoms with Gasteiger partial charge in [0.1, 0.15) is 12.4 Å². The van der Waals surface area contributed by atoms with Crippen molar-refractivity contribution >= 4 is 11.7 Å². The lowest BCUT2D eigenvalue weighted by Gasteiger charge is -2.08. The zero-order valence-electron chi connectivity index (χ0n) is 10.7. The van der Waals surface area contributed by atoms with Crippen molar-refractivity contribution in [3.05, 3.63) is 29.1 Å². The normalized spacial score (nSPS) is 10.4. The number of carbonyl (C=O) groups excluding carboxylic acids is 1. The Kier molecular flexibility index (Phi) is 5.58. The molecule has 1 aromatic carbocycles. The summed E-state index contributed by atoms with van der Waals surface area (Å²) in [6.07, 6.45) is 0.918. The van der Waals surface area contributed by atoms with Gasteiger partial charge in [0.05, 0.1) is 17.9 Å². The molecule has 0 fully saturated rings. The maximum atomic E-state index is 13.1. The van der Waals surface area contributed by atoms with E-state index >= 15 is 0 Å². The van der Waals surface area contributed by atoms with Gasteiger partial charge >= 0.3 is 5.97 Å². The average molecular weight is 255 g/mol. The van der Waals surface area contributed by atoms with Crippen molar-refractivity contribution in [2.45, 2.75) is 20.3 Å². The van der Waals surface area contributed by atoms with Crippen molar-refractivity contribution in [2.24, 2.45) is 0 Å². The molecule has 0 bridgehead atoms. The summed E-state index contributed by atoms with van der Waals surface area (Å²) in [5.41, 5.74) is 6.14. The Labute approximate surface area is 106 Å². The maximum absolute atomic E-state index is 13.1. The molecule has 0 heterocycles. The van der Waals surface area contributed by atoms with Crippen LogP contribution in [-0.2, 0) is 9.47 Å². The van der Waals surface area contributed by atoms with E-state index in [-0.39, 0.29) is 17.9 Å². The highest BCUT2D eigenvalue weighted by molar-refractivity contribution is 5.92. The molecule has 0 atom stereocenters. The SMILES string of the molecule is CCCOCCOC(=O)c1cc(N)c(F)cc1C. The number of hydrogen-bond acceptors (Lipinski definition) is 4. The lowest BCUT2D eigenvalue weighted by atomic mass is 10.1. The molecule has 0 aliphatic rings. The fraction of sp³-hybridized carbons (Fsp3) is 0.462. The third-order valence-corrected chi connectivity index (χ3v) is 2.37. The molecule has 5 heteroatoms. The minimum atomic E-state index is -0.532. The minimum absolute atomic E-state index is 0.0604. The van der Waals surface area contributed by atoms with Crippen LogP contribution in [0.15, 0.2) is 12.1 Å². The van der Waals surface area contributed by atoms with Crippen molar-refractivity contribution in [2.75, 3.05) is 25.6 Å². The van der Waals surface area contributed by atoms with Crippen LogP contribution in [0.5, 0.6) is 0 Å². The van der Waals surface area contributed by atoms with Gasteiger partial charge < -0.3 is 15.2 Å². The average Bonchev–Trinajstić information content (AvgIpc) is 2.33. The molecule has 0 radical (unpaired) electrons. The first-order valence-corrected chi connectivity index (χ1v) is 5.86. The number of hydrogen-bond donors (Lipinski definition) is 1. The van der Waals surface area contributed by atoms with E-state index in [0.717, 1.165) is 6.42 Å². The standard InChI is InChI=1S/C13H18FNO3/c1-3-4-17-5-6-18-13(16)10-8-12(15)11(14)7-9(10)2/h7-8H,3-6,15H2,1-2H3. The van der Waals surface area contributed by atoms with E-state index in [0.29, 0.717) is 18.8 Å². The Morgan fingerprint density at radius 1 is 1.33 bits per heavy atom. The molecule has 0 aliphatic heterocycles. The number of halogens is 1. The van der Waals surface area contributed by atoms with Crippen LogP contribution in [0, 0.1) is 12.7 Å². The van der Waals surface area contributed by atoms with E-state index in [1.807, 2.05) is 6.92 Å². The Morgan fingerprint density at radius 3 is 2.72 bits per heavy atom. The topological polar surface area (TPSA) is 61.5 Å². The second-order valence-corrected chi connectivity index (χ2v) is 3.94. The predicted molar refractivity (Wildman–Crippen MR) is 66.9 cm³/mol. The van der Waals surface area contributed by atoms with Gasteiger partial charge in [-0.05, 0) is 31.0 Å². The van der Waals surface area contributed by atoms with E-state index in [2.05, 4.69) is 0 Å². The molecule has 0 saturated heterocycles. The van der Waals surface area contributed by atoms with Crippen LogP contribution in [-0.4, -0.2) is 25.8 Å². The van der Waals surface area contributed by atoms with Crippen LogP contribution in [0.4, 0.5) is 10.1 Å². The predicted octanol–water partition coefficient (Wildman–Crippen LogP) is 2.30. The quantitative estimate of drug-likeness (QED) is 0.481. The van der Waals surface area contributed by atoms with Crippen LogP contribution in [0.1, 0.15) is 29.3 Å². The monoisotopic (exact) mass is 255 g/mol. The van der Waals surface area contributed by atoms with Gasteiger partial charge in [-0.15, -0.1) is 0 Å². The van der Waals surface area contributed by atoms with Crippen LogP contribution in [0.3, 0.4) is 0 Å². The van der Waals surface area contributed by atoms with Gasteiger partial charge in [-0.2, -0.15) is 0 Å². The molecule has 0 amide bonds. The third-order valence-electron chi connectivity index (χ3n) is 2.37. The number of ether oxygens (including phenoxy) is 2. The van der Waals surface area contributed by atoms with Gasteiger partial charge in [0.2, 0.25) is 0 Å². The third kappa shape index (κ3) is 4.00. The minimum Gasteiger partial charge on any atom is -0.460 e. The summed E-state index contributed by atoms with van der Waals surface area (Å²) in [7, 11) is 0. The second-order valence-electron chi connectivity index (χ2n) is 3.94. The van der Waals surface area contributed by atoms with Gasteiger partial charge in [0.15, 0.2) is 0 Å². The number of anilines is 1. The molecule has 2 N–H and O–H groups in total. The molecular formula is C13H18FNO3. The highest BCUT2D eigenvalue weighted by Gasteiger charge is 2.13. The number of carbonyl (C=O) groups is 1. The number of nitrogen functional groups attached to an aromatic ring is 1. The number of rotatable bonds is 6. The molecule has 0 spiro atoms. The fourth-order valence-corrected chi connectivity index (χ4v) is 1.43. The molecule has 0 aromatic heterocycles. The smallest absolute Gasteiger partial charge is 0.338 e. The van der Waals surface area contributed by atoms with E-state index < -0.39 is 11.8 Å². The molecule has 100 valence electrons. The van der Waals surface area contributed by atoms with E-state index in [9.17, 15) is 9.18 Å². The largest absolute Gasteiger partial charge is 0.460 e. The number of nitrogens with two attached hydrogens (primary N) is 1. The van der Waals surface area contributed by atoms with Crippen molar-refractivity contribution in [3.63, 3.8) is 0 Å². The number of aryl methyl sites for hydroxylation is 1. The van der Waals surface area contributed by atoms with Crippen molar-refractivity contribution in [3.8, 4) is 0 Å². The van der Waals surface area contributed by atoms with Crippen molar-refractivity contribution in [1.29, 1.82) is 0 Å². The van der Waals surface area contributed by atoms with Crippen molar-refractivity contribution in [1.82, 2.24) is 0 Å². The Morgan fingerprint density at radius 2 is 2.06 bits per heavy atom. The van der Waals surface area contributed by atoms with Gasteiger partial charge in [-0.1, -0.05) is 6.92 Å². The number of esters is 1. The van der Waals surface area contributed by atoms with Gasteiger partial charge in [-0.25, -0.2) is 9.18 Å². The molecule has 1 rings (SSSR count). The van der Waals surface area contributed by atoms with Crippen LogP contribution in [0.25, 0.3) is 0 Å². The molecule has 1 aromatic rings. The zero-order valence-corrected chi connectivity index (χ0v) is 10.7. The van der Waals surface area contributed by atoms with E-state index in [1.54, 1.807) is 6.92 Å². The molecule has 18 heavy (non-hydrogen) atoms. The highest BCUT2D eigenvalue weighted by Crippen LogP contribution is 2.17. The first-order chi connectivity index (χ1) is 8.56. The molecule has 0 aliphatic carbocycles. The Balaban J connectivity index is 2.54. The first-order valence-electron chi connectivity index (χ1n) is 5.86. The summed E-state index contributed by atoms with van der Waals surface area (Å²) in [5.74, 6) is -1.05. The van der Waals surface area contributed by atoms with E-state index in [4.69, 9.17) is 15.2 Å². The van der Waals surface area contributed by atoms with Crippen molar-refractivity contribution < 1.29 is 18.7 Å². The summed E-state index contributed by atoms with van der Waals surface area (Å²) in [4.78, 5) is 11.7.